The average Bonchev–Trinajstić information content (AvgIpc) is 2.31. The molecule has 0 aliphatic heterocycles. The predicted octanol–water partition coefficient (Wildman–Crippen LogP) is 1.34. The standard InChI is InChI=1S/C12H11NO3/c1-8-5-3-4-6-9(8)10(7-13)11(14)12(15)16-2/h3-6,10H,1-2H3. The van der Waals surface area contributed by atoms with E-state index in [1.54, 1.807) is 31.2 Å². The van der Waals surface area contributed by atoms with Crippen LogP contribution in [0.4, 0.5) is 0 Å². The van der Waals surface area contributed by atoms with Gasteiger partial charge in [-0.3, -0.25) is 4.79 Å². The molecule has 0 spiro atoms. The first-order chi connectivity index (χ1) is 7.61. The van der Waals surface area contributed by atoms with Crippen LogP contribution in [0.5, 0.6) is 0 Å². The summed E-state index contributed by atoms with van der Waals surface area (Å²) in [7, 11) is 1.12. The zero-order chi connectivity index (χ0) is 12.1. The van der Waals surface area contributed by atoms with E-state index in [-0.39, 0.29) is 0 Å². The van der Waals surface area contributed by atoms with Crippen molar-refractivity contribution < 1.29 is 14.3 Å². The van der Waals surface area contributed by atoms with E-state index in [4.69, 9.17) is 5.26 Å². The summed E-state index contributed by atoms with van der Waals surface area (Å²) in [6.07, 6.45) is 0. The monoisotopic (exact) mass is 217 g/mol. The summed E-state index contributed by atoms with van der Waals surface area (Å²) in [5.41, 5.74) is 1.34. The first-order valence-electron chi connectivity index (χ1n) is 4.69. The van der Waals surface area contributed by atoms with Gasteiger partial charge in [0.25, 0.3) is 5.78 Å². The Morgan fingerprint density at radius 1 is 1.38 bits per heavy atom. The van der Waals surface area contributed by atoms with E-state index >= 15 is 0 Å². The number of ether oxygens (including phenoxy) is 1. The SMILES string of the molecule is COC(=O)C(=O)C(C#N)c1ccccc1C. The second-order valence-electron chi connectivity index (χ2n) is 3.27. The second kappa shape index (κ2) is 5.08. The van der Waals surface area contributed by atoms with Gasteiger partial charge >= 0.3 is 5.97 Å². The molecule has 1 rings (SSSR count). The van der Waals surface area contributed by atoms with Crippen molar-refractivity contribution in [2.45, 2.75) is 12.8 Å². The number of nitriles is 1. The Bertz CT molecular complexity index is 460. The van der Waals surface area contributed by atoms with Crippen LogP contribution in [0.2, 0.25) is 0 Å². The zero-order valence-corrected chi connectivity index (χ0v) is 9.06. The molecular weight excluding hydrogens is 206 g/mol. The Morgan fingerprint density at radius 2 is 2.00 bits per heavy atom. The molecule has 0 saturated carbocycles. The van der Waals surface area contributed by atoms with Crippen LogP contribution in [-0.4, -0.2) is 18.9 Å². The highest BCUT2D eigenvalue weighted by atomic mass is 16.5. The van der Waals surface area contributed by atoms with Gasteiger partial charge < -0.3 is 4.74 Å². The summed E-state index contributed by atoms with van der Waals surface area (Å²) in [5, 5.41) is 8.94. The Morgan fingerprint density at radius 3 is 2.50 bits per heavy atom. The van der Waals surface area contributed by atoms with E-state index in [2.05, 4.69) is 4.74 Å². The lowest BCUT2D eigenvalue weighted by molar-refractivity contribution is -0.151. The molecule has 16 heavy (non-hydrogen) atoms. The van der Waals surface area contributed by atoms with Crippen LogP contribution >= 0.6 is 0 Å². The first kappa shape index (κ1) is 11.9. The third-order valence-corrected chi connectivity index (χ3v) is 2.28. The van der Waals surface area contributed by atoms with E-state index in [1.807, 2.05) is 6.07 Å². The highest BCUT2D eigenvalue weighted by molar-refractivity contribution is 6.36. The molecule has 0 N–H and O–H groups in total. The Labute approximate surface area is 93.5 Å². The number of aryl methyl sites for hydroxylation is 1. The molecule has 82 valence electrons. The number of carbonyl (C=O) groups excluding carboxylic acids is 2. The number of ketones is 1. The van der Waals surface area contributed by atoms with E-state index in [0.717, 1.165) is 12.7 Å². The summed E-state index contributed by atoms with van der Waals surface area (Å²) < 4.78 is 4.32. The Hall–Kier alpha value is -2.15. The third-order valence-electron chi connectivity index (χ3n) is 2.28. The van der Waals surface area contributed by atoms with Gasteiger partial charge in [-0.1, -0.05) is 24.3 Å². The minimum atomic E-state index is -1.09. The number of Topliss-reactive ketones (excluding diaryl/α,β-unsaturated/α-hetero) is 1. The van der Waals surface area contributed by atoms with Gasteiger partial charge in [0.1, 0.15) is 5.92 Å². The van der Waals surface area contributed by atoms with Crippen molar-refractivity contribution in [2.75, 3.05) is 7.11 Å². The van der Waals surface area contributed by atoms with Crippen LogP contribution < -0.4 is 0 Å². The minimum absolute atomic E-state index is 0.542. The molecule has 0 aromatic heterocycles. The van der Waals surface area contributed by atoms with Crippen molar-refractivity contribution in [1.29, 1.82) is 5.26 Å². The number of hydrogen-bond donors (Lipinski definition) is 0. The van der Waals surface area contributed by atoms with Gasteiger partial charge in [0.2, 0.25) is 0 Å². The number of carbonyl (C=O) groups is 2. The first-order valence-corrected chi connectivity index (χ1v) is 4.69. The van der Waals surface area contributed by atoms with Crippen molar-refractivity contribution >= 4 is 11.8 Å². The Balaban J connectivity index is 3.10. The van der Waals surface area contributed by atoms with Crippen LogP contribution in [-0.2, 0) is 14.3 Å². The molecule has 4 nitrogen and oxygen atoms in total. The summed E-state index contributed by atoms with van der Waals surface area (Å²) in [5.74, 6) is -2.91. The summed E-state index contributed by atoms with van der Waals surface area (Å²) in [6.45, 7) is 1.78. The van der Waals surface area contributed by atoms with Crippen LogP contribution in [0.1, 0.15) is 17.0 Å². The summed E-state index contributed by atoms with van der Waals surface area (Å²) >= 11 is 0. The average molecular weight is 217 g/mol. The number of esters is 1. The molecule has 4 heteroatoms. The summed E-state index contributed by atoms with van der Waals surface area (Å²) in [4.78, 5) is 22.6. The molecule has 0 amide bonds. The van der Waals surface area contributed by atoms with Gasteiger partial charge in [-0.25, -0.2) is 4.79 Å². The van der Waals surface area contributed by atoms with E-state index in [9.17, 15) is 9.59 Å². The van der Waals surface area contributed by atoms with Crippen LogP contribution in [0, 0.1) is 18.3 Å². The van der Waals surface area contributed by atoms with Gasteiger partial charge in [-0.2, -0.15) is 5.26 Å². The predicted molar refractivity (Wildman–Crippen MR) is 56.6 cm³/mol. The van der Waals surface area contributed by atoms with E-state index in [0.29, 0.717) is 5.56 Å². The van der Waals surface area contributed by atoms with Crippen molar-refractivity contribution in [2.24, 2.45) is 0 Å². The molecule has 0 bridgehead atoms. The van der Waals surface area contributed by atoms with Gasteiger partial charge in [-0.15, -0.1) is 0 Å². The lowest BCUT2D eigenvalue weighted by atomic mass is 9.92. The van der Waals surface area contributed by atoms with Crippen molar-refractivity contribution in [1.82, 2.24) is 0 Å². The molecule has 1 aromatic rings. The maximum Gasteiger partial charge on any atom is 0.376 e. The molecule has 0 aliphatic rings. The van der Waals surface area contributed by atoms with Crippen LogP contribution in [0.25, 0.3) is 0 Å². The quantitative estimate of drug-likeness (QED) is 0.566. The number of benzene rings is 1. The van der Waals surface area contributed by atoms with Gasteiger partial charge in [0.05, 0.1) is 13.2 Å². The fourth-order valence-electron chi connectivity index (χ4n) is 1.40. The molecule has 0 radical (unpaired) electrons. The maximum atomic E-state index is 11.6. The molecule has 0 heterocycles. The Kier molecular flexibility index (Phi) is 3.78. The third kappa shape index (κ3) is 2.26. The van der Waals surface area contributed by atoms with Crippen molar-refractivity contribution in [3.05, 3.63) is 35.4 Å². The highest BCUT2D eigenvalue weighted by Gasteiger charge is 2.28. The minimum Gasteiger partial charge on any atom is -0.463 e. The van der Waals surface area contributed by atoms with Crippen molar-refractivity contribution in [3.63, 3.8) is 0 Å². The molecule has 0 saturated heterocycles. The van der Waals surface area contributed by atoms with Gasteiger partial charge in [0.15, 0.2) is 0 Å². The molecule has 1 aromatic carbocycles. The second-order valence-corrected chi connectivity index (χ2v) is 3.27. The van der Waals surface area contributed by atoms with E-state index in [1.165, 1.54) is 0 Å². The summed E-state index contributed by atoms with van der Waals surface area (Å²) in [6, 6.07) is 8.78. The number of hydrogen-bond acceptors (Lipinski definition) is 4. The van der Waals surface area contributed by atoms with Gasteiger partial charge in [0, 0.05) is 0 Å². The molecule has 1 unspecified atom stereocenters. The highest BCUT2D eigenvalue weighted by Crippen LogP contribution is 2.20. The lowest BCUT2D eigenvalue weighted by Crippen LogP contribution is -2.23. The molecule has 0 aliphatic carbocycles. The number of nitrogens with zero attached hydrogens (tertiary/aromatic N) is 1. The van der Waals surface area contributed by atoms with Crippen molar-refractivity contribution in [3.8, 4) is 6.07 Å². The molecule has 1 atom stereocenters. The van der Waals surface area contributed by atoms with Crippen LogP contribution in [0.3, 0.4) is 0 Å². The fraction of sp³-hybridized carbons (Fsp3) is 0.250. The number of rotatable bonds is 3. The van der Waals surface area contributed by atoms with Crippen LogP contribution in [0.15, 0.2) is 24.3 Å². The molecule has 0 fully saturated rings. The fourth-order valence-corrected chi connectivity index (χ4v) is 1.40. The van der Waals surface area contributed by atoms with Gasteiger partial charge in [-0.05, 0) is 18.1 Å². The zero-order valence-electron chi connectivity index (χ0n) is 9.06. The largest absolute Gasteiger partial charge is 0.463 e. The smallest absolute Gasteiger partial charge is 0.376 e. The molecular formula is C12H11NO3. The topological polar surface area (TPSA) is 67.2 Å². The normalized spacial score (nSPS) is 11.3. The maximum absolute atomic E-state index is 11.6. The number of methoxy groups -OCH3 is 1. The van der Waals surface area contributed by atoms with E-state index < -0.39 is 17.7 Å². The lowest BCUT2D eigenvalue weighted by Gasteiger charge is -2.09.